The number of hydrogen-bond donors (Lipinski definition) is 1. The highest BCUT2D eigenvalue weighted by Crippen LogP contribution is 2.13. The van der Waals surface area contributed by atoms with Gasteiger partial charge in [-0.2, -0.15) is 0 Å². The third kappa shape index (κ3) is 5.01. The normalized spacial score (nSPS) is 10.1. The van der Waals surface area contributed by atoms with Crippen LogP contribution >= 0.6 is 0 Å². The van der Waals surface area contributed by atoms with Gasteiger partial charge < -0.3 is 10.1 Å². The van der Waals surface area contributed by atoms with Gasteiger partial charge >= 0.3 is 5.97 Å². The summed E-state index contributed by atoms with van der Waals surface area (Å²) in [6, 6.07) is 12.8. The molecule has 1 amide bonds. The fourth-order valence-electron chi connectivity index (χ4n) is 1.94. The fraction of sp³-hybridized carbons (Fsp3) is 0.176. The first-order valence-corrected chi connectivity index (χ1v) is 6.81. The van der Waals surface area contributed by atoms with E-state index in [1.54, 1.807) is 36.4 Å². The molecule has 0 fully saturated rings. The molecular weight excluding hydrogens is 285 g/mol. The molecule has 0 aromatic heterocycles. The van der Waals surface area contributed by atoms with Gasteiger partial charge in [-0.05, 0) is 35.4 Å². The van der Waals surface area contributed by atoms with Gasteiger partial charge in [0.25, 0.3) is 0 Å². The molecule has 1 N–H and O–H groups in total. The van der Waals surface area contributed by atoms with E-state index in [1.807, 2.05) is 0 Å². The molecule has 0 radical (unpaired) electrons. The zero-order valence-electron chi connectivity index (χ0n) is 12.1. The molecule has 0 aliphatic rings. The first kappa shape index (κ1) is 15.7. The maximum atomic E-state index is 13.0. The number of nitrogens with one attached hydrogen (secondary N) is 1. The van der Waals surface area contributed by atoms with E-state index in [2.05, 4.69) is 5.32 Å². The number of hydrogen-bond acceptors (Lipinski definition) is 3. The zero-order valence-corrected chi connectivity index (χ0v) is 12.1. The fourth-order valence-corrected chi connectivity index (χ4v) is 1.94. The second-order valence-electron chi connectivity index (χ2n) is 4.82. The molecule has 0 saturated carbocycles. The van der Waals surface area contributed by atoms with Crippen LogP contribution in [0.3, 0.4) is 0 Å². The average Bonchev–Trinajstić information content (AvgIpc) is 2.47. The van der Waals surface area contributed by atoms with Crippen molar-refractivity contribution in [1.29, 1.82) is 0 Å². The van der Waals surface area contributed by atoms with Crippen molar-refractivity contribution in [2.24, 2.45) is 0 Å². The quantitative estimate of drug-likeness (QED) is 0.682. The number of amides is 1. The van der Waals surface area contributed by atoms with E-state index >= 15 is 0 Å². The highest BCUT2D eigenvalue weighted by molar-refractivity contribution is 5.78. The molecule has 0 bridgehead atoms. The van der Waals surface area contributed by atoms with Gasteiger partial charge in [0.1, 0.15) is 11.6 Å². The van der Waals surface area contributed by atoms with E-state index < -0.39 is 0 Å². The summed E-state index contributed by atoms with van der Waals surface area (Å²) in [6.45, 7) is 1.61. The molecule has 114 valence electrons. The molecule has 5 heteroatoms. The molecule has 2 rings (SSSR count). The molecule has 0 saturated heterocycles. The van der Waals surface area contributed by atoms with Crippen LogP contribution < -0.4 is 10.1 Å². The van der Waals surface area contributed by atoms with Crippen molar-refractivity contribution in [3.05, 3.63) is 65.5 Å². The van der Waals surface area contributed by atoms with Crippen molar-refractivity contribution in [3.8, 4) is 5.75 Å². The molecule has 0 spiro atoms. The first-order valence-electron chi connectivity index (χ1n) is 6.81. The highest BCUT2D eigenvalue weighted by atomic mass is 19.1. The SMILES string of the molecule is CC(=O)Oc1ccc(CC(=O)NCc2cccc(F)c2)cc1. The molecule has 2 aromatic rings. The van der Waals surface area contributed by atoms with E-state index in [4.69, 9.17) is 4.74 Å². The van der Waals surface area contributed by atoms with Crippen LogP contribution in [-0.4, -0.2) is 11.9 Å². The van der Waals surface area contributed by atoms with Crippen LogP contribution in [-0.2, 0) is 22.6 Å². The van der Waals surface area contributed by atoms with Crippen LogP contribution in [0, 0.1) is 5.82 Å². The highest BCUT2D eigenvalue weighted by Gasteiger charge is 2.05. The number of ether oxygens (including phenoxy) is 1. The Bertz CT molecular complexity index is 668. The lowest BCUT2D eigenvalue weighted by Gasteiger charge is -2.06. The molecule has 0 heterocycles. The van der Waals surface area contributed by atoms with E-state index in [1.165, 1.54) is 19.1 Å². The lowest BCUT2D eigenvalue weighted by atomic mass is 10.1. The van der Waals surface area contributed by atoms with Crippen molar-refractivity contribution < 1.29 is 18.7 Å². The van der Waals surface area contributed by atoms with Crippen molar-refractivity contribution in [3.63, 3.8) is 0 Å². The zero-order chi connectivity index (χ0) is 15.9. The molecule has 0 unspecified atom stereocenters. The minimum absolute atomic E-state index is 0.163. The summed E-state index contributed by atoms with van der Waals surface area (Å²) in [7, 11) is 0. The summed E-state index contributed by atoms with van der Waals surface area (Å²) in [4.78, 5) is 22.6. The van der Waals surface area contributed by atoms with Gasteiger partial charge in [0.15, 0.2) is 0 Å². The number of halogens is 1. The summed E-state index contributed by atoms with van der Waals surface area (Å²) in [6.07, 6.45) is 0.204. The Morgan fingerprint density at radius 1 is 1.09 bits per heavy atom. The van der Waals surface area contributed by atoms with Gasteiger partial charge in [0, 0.05) is 13.5 Å². The largest absolute Gasteiger partial charge is 0.427 e. The molecule has 0 aliphatic carbocycles. The summed E-state index contributed by atoms with van der Waals surface area (Å²) in [5.74, 6) is -0.436. The van der Waals surface area contributed by atoms with Crippen molar-refractivity contribution in [2.75, 3.05) is 0 Å². The van der Waals surface area contributed by atoms with E-state index in [9.17, 15) is 14.0 Å². The van der Waals surface area contributed by atoms with E-state index in [-0.39, 0.29) is 30.7 Å². The number of carbonyl (C=O) groups is 2. The van der Waals surface area contributed by atoms with Crippen molar-refractivity contribution in [1.82, 2.24) is 5.32 Å². The minimum atomic E-state index is -0.388. The average molecular weight is 301 g/mol. The van der Waals surface area contributed by atoms with Crippen LogP contribution in [0.1, 0.15) is 18.1 Å². The van der Waals surface area contributed by atoms with Crippen LogP contribution in [0.4, 0.5) is 4.39 Å². The van der Waals surface area contributed by atoms with Crippen LogP contribution in [0.5, 0.6) is 5.75 Å². The number of benzene rings is 2. The second kappa shape index (κ2) is 7.36. The lowest BCUT2D eigenvalue weighted by Crippen LogP contribution is -2.24. The Morgan fingerprint density at radius 3 is 2.45 bits per heavy atom. The Kier molecular flexibility index (Phi) is 5.25. The number of carbonyl (C=O) groups excluding carboxylic acids is 2. The molecule has 22 heavy (non-hydrogen) atoms. The van der Waals surface area contributed by atoms with Gasteiger partial charge in [-0.15, -0.1) is 0 Å². The Labute approximate surface area is 127 Å². The summed E-state index contributed by atoms with van der Waals surface area (Å²) < 4.78 is 17.9. The summed E-state index contributed by atoms with van der Waals surface area (Å²) in [5.41, 5.74) is 1.51. The summed E-state index contributed by atoms with van der Waals surface area (Å²) >= 11 is 0. The Balaban J connectivity index is 1.85. The Morgan fingerprint density at radius 2 is 1.82 bits per heavy atom. The smallest absolute Gasteiger partial charge is 0.308 e. The minimum Gasteiger partial charge on any atom is -0.427 e. The molecule has 4 nitrogen and oxygen atoms in total. The first-order chi connectivity index (χ1) is 10.5. The van der Waals surface area contributed by atoms with Crippen LogP contribution in [0.2, 0.25) is 0 Å². The monoisotopic (exact) mass is 301 g/mol. The summed E-state index contributed by atoms with van der Waals surface area (Å²) in [5, 5.41) is 2.73. The van der Waals surface area contributed by atoms with E-state index in [0.29, 0.717) is 11.3 Å². The van der Waals surface area contributed by atoms with Gasteiger partial charge in [0.05, 0.1) is 6.42 Å². The third-order valence-electron chi connectivity index (χ3n) is 2.93. The number of rotatable bonds is 5. The molecule has 2 aromatic carbocycles. The standard InChI is InChI=1S/C17H16FNO3/c1-12(20)22-16-7-5-13(6-8-16)10-17(21)19-11-14-3-2-4-15(18)9-14/h2-9H,10-11H2,1H3,(H,19,21). The topological polar surface area (TPSA) is 55.4 Å². The second-order valence-corrected chi connectivity index (χ2v) is 4.82. The van der Waals surface area contributed by atoms with Crippen molar-refractivity contribution >= 4 is 11.9 Å². The maximum Gasteiger partial charge on any atom is 0.308 e. The maximum absolute atomic E-state index is 13.0. The molecule has 0 aliphatic heterocycles. The third-order valence-corrected chi connectivity index (χ3v) is 2.93. The van der Waals surface area contributed by atoms with E-state index in [0.717, 1.165) is 5.56 Å². The van der Waals surface area contributed by atoms with Crippen LogP contribution in [0.15, 0.2) is 48.5 Å². The van der Waals surface area contributed by atoms with Crippen LogP contribution in [0.25, 0.3) is 0 Å². The predicted molar refractivity (Wildman–Crippen MR) is 79.7 cm³/mol. The number of esters is 1. The Hall–Kier alpha value is -2.69. The lowest BCUT2D eigenvalue weighted by molar-refractivity contribution is -0.131. The molecule has 0 atom stereocenters. The van der Waals surface area contributed by atoms with Gasteiger partial charge in [0.2, 0.25) is 5.91 Å². The molecular formula is C17H16FNO3. The van der Waals surface area contributed by atoms with Crippen molar-refractivity contribution in [2.45, 2.75) is 19.9 Å². The predicted octanol–water partition coefficient (Wildman–Crippen LogP) is 2.61. The van der Waals surface area contributed by atoms with Gasteiger partial charge in [-0.3, -0.25) is 9.59 Å². The van der Waals surface area contributed by atoms with Gasteiger partial charge in [-0.1, -0.05) is 24.3 Å². The van der Waals surface area contributed by atoms with Gasteiger partial charge in [-0.25, -0.2) is 4.39 Å².